The second-order valence-corrected chi connectivity index (χ2v) is 7.48. The molecule has 5 nitrogen and oxygen atoms in total. The van der Waals surface area contributed by atoms with Gasteiger partial charge in [0.2, 0.25) is 10.0 Å². The van der Waals surface area contributed by atoms with Crippen molar-refractivity contribution in [2.75, 3.05) is 25.4 Å². The van der Waals surface area contributed by atoms with Gasteiger partial charge in [-0.2, -0.15) is 0 Å². The zero-order chi connectivity index (χ0) is 13.7. The molecule has 0 aromatic rings. The molecule has 2 N–H and O–H groups in total. The van der Waals surface area contributed by atoms with Crippen molar-refractivity contribution in [3.05, 3.63) is 0 Å². The summed E-state index contributed by atoms with van der Waals surface area (Å²) in [6, 6.07) is 0.00102. The molecule has 2 unspecified atom stereocenters. The van der Waals surface area contributed by atoms with Gasteiger partial charge in [-0.3, -0.25) is 0 Å². The van der Waals surface area contributed by atoms with Crippen molar-refractivity contribution >= 4 is 10.0 Å². The molecule has 0 aromatic carbocycles. The molecule has 0 amide bonds. The second-order valence-electron chi connectivity index (χ2n) is 5.61. The standard InChI is InChI=1S/C13H26N2O3S/c1-2-7-14-8-3-10-19(16,17)15-12-6-9-18-13(12)11-4-5-11/h11-15H,2-10H2,1H3. The van der Waals surface area contributed by atoms with Crippen LogP contribution in [0, 0.1) is 5.92 Å². The molecule has 1 saturated carbocycles. The van der Waals surface area contributed by atoms with Crippen molar-refractivity contribution in [2.24, 2.45) is 5.92 Å². The van der Waals surface area contributed by atoms with Gasteiger partial charge in [-0.1, -0.05) is 6.92 Å². The molecule has 0 radical (unpaired) electrons. The first-order valence-electron chi connectivity index (χ1n) is 7.44. The third kappa shape index (κ3) is 5.02. The van der Waals surface area contributed by atoms with Gasteiger partial charge in [-0.15, -0.1) is 0 Å². The molecule has 2 aliphatic rings. The highest BCUT2D eigenvalue weighted by Crippen LogP contribution is 2.38. The lowest BCUT2D eigenvalue weighted by Crippen LogP contribution is -2.42. The van der Waals surface area contributed by atoms with Gasteiger partial charge in [-0.05, 0) is 51.1 Å². The minimum Gasteiger partial charge on any atom is -0.376 e. The molecule has 0 bridgehead atoms. The summed E-state index contributed by atoms with van der Waals surface area (Å²) in [4.78, 5) is 0. The Hall–Kier alpha value is -0.170. The van der Waals surface area contributed by atoms with E-state index in [1.165, 1.54) is 12.8 Å². The summed E-state index contributed by atoms with van der Waals surface area (Å²) in [7, 11) is -3.16. The quantitative estimate of drug-likeness (QED) is 0.618. The first kappa shape index (κ1) is 15.2. The molecule has 19 heavy (non-hydrogen) atoms. The van der Waals surface area contributed by atoms with Gasteiger partial charge in [0.25, 0.3) is 0 Å². The van der Waals surface area contributed by atoms with Crippen molar-refractivity contribution in [3.8, 4) is 0 Å². The first-order valence-corrected chi connectivity index (χ1v) is 9.10. The molecular formula is C13H26N2O3S. The van der Waals surface area contributed by atoms with E-state index in [1.54, 1.807) is 0 Å². The van der Waals surface area contributed by atoms with Gasteiger partial charge in [0.15, 0.2) is 0 Å². The van der Waals surface area contributed by atoms with Crippen molar-refractivity contribution in [1.29, 1.82) is 0 Å². The highest BCUT2D eigenvalue weighted by molar-refractivity contribution is 7.89. The van der Waals surface area contributed by atoms with E-state index in [9.17, 15) is 8.42 Å². The molecule has 0 aromatic heterocycles. The predicted molar refractivity (Wildman–Crippen MR) is 75.6 cm³/mol. The fourth-order valence-corrected chi connectivity index (χ4v) is 3.96. The largest absolute Gasteiger partial charge is 0.376 e. The molecule has 2 atom stereocenters. The van der Waals surface area contributed by atoms with Gasteiger partial charge in [0.05, 0.1) is 17.9 Å². The fraction of sp³-hybridized carbons (Fsp3) is 1.00. The second kappa shape index (κ2) is 7.02. The zero-order valence-electron chi connectivity index (χ0n) is 11.7. The third-order valence-electron chi connectivity index (χ3n) is 3.75. The summed E-state index contributed by atoms with van der Waals surface area (Å²) in [6.07, 6.45) is 5.04. The van der Waals surface area contributed by atoms with E-state index in [0.717, 1.165) is 25.9 Å². The highest BCUT2D eigenvalue weighted by Gasteiger charge is 2.41. The summed E-state index contributed by atoms with van der Waals surface area (Å²) < 4.78 is 32.5. The van der Waals surface area contributed by atoms with Gasteiger partial charge in [-0.25, -0.2) is 13.1 Å². The summed E-state index contributed by atoms with van der Waals surface area (Å²) in [5.41, 5.74) is 0. The molecule has 1 heterocycles. The molecule has 1 aliphatic carbocycles. The van der Waals surface area contributed by atoms with Crippen LogP contribution in [0.4, 0.5) is 0 Å². The Labute approximate surface area is 116 Å². The van der Waals surface area contributed by atoms with Crippen LogP contribution in [-0.2, 0) is 14.8 Å². The van der Waals surface area contributed by atoms with E-state index in [2.05, 4.69) is 17.0 Å². The van der Waals surface area contributed by atoms with Crippen molar-refractivity contribution < 1.29 is 13.2 Å². The minimum atomic E-state index is -3.16. The topological polar surface area (TPSA) is 67.4 Å². The maximum Gasteiger partial charge on any atom is 0.211 e. The Morgan fingerprint density at radius 3 is 2.68 bits per heavy atom. The Kier molecular flexibility index (Phi) is 5.62. The van der Waals surface area contributed by atoms with E-state index < -0.39 is 10.0 Å². The number of nitrogens with one attached hydrogen (secondary N) is 2. The summed E-state index contributed by atoms with van der Waals surface area (Å²) in [6.45, 7) is 4.51. The number of sulfonamides is 1. The van der Waals surface area contributed by atoms with E-state index in [4.69, 9.17) is 4.74 Å². The molecule has 112 valence electrons. The third-order valence-corrected chi connectivity index (χ3v) is 5.23. The lowest BCUT2D eigenvalue weighted by atomic mass is 10.1. The Morgan fingerprint density at radius 1 is 1.21 bits per heavy atom. The summed E-state index contributed by atoms with van der Waals surface area (Å²) in [5, 5.41) is 3.22. The minimum absolute atomic E-state index is 0.00102. The summed E-state index contributed by atoms with van der Waals surface area (Å²) in [5.74, 6) is 0.791. The van der Waals surface area contributed by atoms with E-state index >= 15 is 0 Å². The molecule has 2 rings (SSSR count). The predicted octanol–water partition coefficient (Wildman–Crippen LogP) is 0.863. The number of rotatable bonds is 9. The monoisotopic (exact) mass is 290 g/mol. The van der Waals surface area contributed by atoms with Gasteiger partial charge in [0.1, 0.15) is 0 Å². The van der Waals surface area contributed by atoms with Gasteiger partial charge < -0.3 is 10.1 Å². The Bertz CT molecular complexity index is 368. The van der Waals surface area contributed by atoms with Crippen LogP contribution in [-0.4, -0.2) is 46.0 Å². The zero-order valence-corrected chi connectivity index (χ0v) is 12.5. The van der Waals surface area contributed by atoms with Crippen LogP contribution >= 0.6 is 0 Å². The lowest BCUT2D eigenvalue weighted by molar-refractivity contribution is 0.0848. The van der Waals surface area contributed by atoms with E-state index in [0.29, 0.717) is 18.9 Å². The highest BCUT2D eigenvalue weighted by atomic mass is 32.2. The normalized spacial score (nSPS) is 27.8. The van der Waals surface area contributed by atoms with Crippen LogP contribution in [0.25, 0.3) is 0 Å². The smallest absolute Gasteiger partial charge is 0.211 e. The van der Waals surface area contributed by atoms with Crippen molar-refractivity contribution in [1.82, 2.24) is 10.0 Å². The molecule has 1 saturated heterocycles. The van der Waals surface area contributed by atoms with Crippen LogP contribution in [0.3, 0.4) is 0 Å². The van der Waals surface area contributed by atoms with Crippen LogP contribution < -0.4 is 10.0 Å². The first-order chi connectivity index (χ1) is 9.12. The molecule has 1 aliphatic heterocycles. The van der Waals surface area contributed by atoms with Crippen molar-refractivity contribution in [3.63, 3.8) is 0 Å². The number of ether oxygens (including phenoxy) is 1. The van der Waals surface area contributed by atoms with E-state index in [-0.39, 0.29) is 17.9 Å². The van der Waals surface area contributed by atoms with Gasteiger partial charge in [0, 0.05) is 6.61 Å². The van der Waals surface area contributed by atoms with Crippen LogP contribution in [0.2, 0.25) is 0 Å². The Morgan fingerprint density at radius 2 is 2.00 bits per heavy atom. The van der Waals surface area contributed by atoms with Gasteiger partial charge >= 0.3 is 0 Å². The van der Waals surface area contributed by atoms with Crippen LogP contribution in [0.15, 0.2) is 0 Å². The lowest BCUT2D eigenvalue weighted by Gasteiger charge is -2.19. The van der Waals surface area contributed by atoms with E-state index in [1.807, 2.05) is 0 Å². The molecule has 0 spiro atoms. The SMILES string of the molecule is CCCNCCCS(=O)(=O)NC1CCOC1C1CC1. The Balaban J connectivity index is 1.70. The maximum atomic E-state index is 12.0. The average Bonchev–Trinajstić information content (AvgIpc) is 3.10. The molecule has 6 heteroatoms. The number of hydrogen-bond acceptors (Lipinski definition) is 4. The fourth-order valence-electron chi connectivity index (χ4n) is 2.61. The van der Waals surface area contributed by atoms with Crippen LogP contribution in [0.5, 0.6) is 0 Å². The molecular weight excluding hydrogens is 264 g/mol. The number of hydrogen-bond donors (Lipinski definition) is 2. The van der Waals surface area contributed by atoms with Crippen LogP contribution in [0.1, 0.15) is 39.0 Å². The molecule has 2 fully saturated rings. The maximum absolute atomic E-state index is 12.0. The summed E-state index contributed by atoms with van der Waals surface area (Å²) >= 11 is 0. The average molecular weight is 290 g/mol. The van der Waals surface area contributed by atoms with Crippen molar-refractivity contribution in [2.45, 2.75) is 51.2 Å².